The minimum atomic E-state index is -0.781. The van der Waals surface area contributed by atoms with Crippen LogP contribution in [0.4, 0.5) is 16.0 Å². The fourth-order valence-electron chi connectivity index (χ4n) is 4.09. The lowest BCUT2D eigenvalue weighted by Crippen LogP contribution is -2.32. The molecule has 5 rings (SSSR count). The molecule has 1 unspecified atom stereocenters. The Hall–Kier alpha value is -4.26. The largest absolute Gasteiger partial charge is 0.328 e. The number of aromatic nitrogens is 3. The number of allylic oxidation sites excluding steroid dienone is 1. The molecular weight excluding hydrogens is 417 g/mol. The fraction of sp³-hybridized carbons (Fsp3) is 0.115. The van der Waals surface area contributed by atoms with Crippen molar-refractivity contribution >= 4 is 17.5 Å². The van der Waals surface area contributed by atoms with Gasteiger partial charge in [0, 0.05) is 22.5 Å². The van der Waals surface area contributed by atoms with Crippen LogP contribution < -0.4 is 10.6 Å². The summed E-state index contributed by atoms with van der Waals surface area (Å²) in [7, 11) is 0. The number of fused-ring (bicyclic) bond motifs is 1. The highest BCUT2D eigenvalue weighted by Gasteiger charge is 2.36. The summed E-state index contributed by atoms with van der Waals surface area (Å²) in [6, 6.07) is 22.6. The Labute approximate surface area is 190 Å². The predicted molar refractivity (Wildman–Crippen MR) is 126 cm³/mol. The van der Waals surface area contributed by atoms with Gasteiger partial charge >= 0.3 is 0 Å². The summed E-state index contributed by atoms with van der Waals surface area (Å²) < 4.78 is 16.6. The number of nitrogens with one attached hydrogen (secondary N) is 2. The molecule has 0 spiro atoms. The van der Waals surface area contributed by atoms with Gasteiger partial charge in [-0.25, -0.2) is 9.07 Å². The van der Waals surface area contributed by atoms with Crippen LogP contribution in [0.15, 0.2) is 90.1 Å². The van der Waals surface area contributed by atoms with Crippen molar-refractivity contribution < 1.29 is 9.18 Å². The molecule has 4 aromatic rings. The van der Waals surface area contributed by atoms with Crippen molar-refractivity contribution in [3.63, 3.8) is 0 Å². The SMILES string of the molecule is CC1=C(C(=O)Nc2ccccc2)C(c2ccccc2F)n2nc(-c3ccccc3C)nc2N1. The Balaban J connectivity index is 1.64. The van der Waals surface area contributed by atoms with Crippen LogP contribution in [0, 0.1) is 12.7 Å². The van der Waals surface area contributed by atoms with Crippen LogP contribution in [-0.2, 0) is 4.79 Å². The first kappa shape index (κ1) is 20.6. The molecular formula is C26H22FN5O. The molecule has 1 atom stereocenters. The van der Waals surface area contributed by atoms with Crippen LogP contribution in [0.3, 0.4) is 0 Å². The lowest BCUT2D eigenvalue weighted by atomic mass is 9.94. The summed E-state index contributed by atoms with van der Waals surface area (Å²) in [6.07, 6.45) is 0. The van der Waals surface area contributed by atoms with Gasteiger partial charge in [0.15, 0.2) is 5.82 Å². The average Bonchev–Trinajstić information content (AvgIpc) is 3.23. The van der Waals surface area contributed by atoms with Gasteiger partial charge in [0.2, 0.25) is 5.95 Å². The van der Waals surface area contributed by atoms with Crippen molar-refractivity contribution in [2.24, 2.45) is 0 Å². The van der Waals surface area contributed by atoms with E-state index in [1.54, 1.807) is 41.9 Å². The number of halogens is 1. The molecule has 1 amide bonds. The second kappa shape index (κ2) is 8.35. The zero-order valence-corrected chi connectivity index (χ0v) is 18.2. The minimum Gasteiger partial charge on any atom is -0.328 e. The fourth-order valence-corrected chi connectivity index (χ4v) is 4.09. The number of anilines is 2. The number of carbonyl (C=O) groups is 1. The van der Waals surface area contributed by atoms with Gasteiger partial charge in [0.05, 0.1) is 5.57 Å². The van der Waals surface area contributed by atoms with Gasteiger partial charge in [-0.15, -0.1) is 5.10 Å². The van der Waals surface area contributed by atoms with E-state index >= 15 is 4.39 Å². The number of para-hydroxylation sites is 1. The quantitative estimate of drug-likeness (QED) is 0.451. The first-order valence-electron chi connectivity index (χ1n) is 10.6. The van der Waals surface area contributed by atoms with Crippen LogP contribution in [0.5, 0.6) is 0 Å². The van der Waals surface area contributed by atoms with Crippen molar-refractivity contribution in [3.05, 3.63) is 107 Å². The van der Waals surface area contributed by atoms with E-state index in [4.69, 9.17) is 5.10 Å². The number of hydrogen-bond donors (Lipinski definition) is 2. The van der Waals surface area contributed by atoms with Crippen LogP contribution in [0.25, 0.3) is 11.4 Å². The summed E-state index contributed by atoms with van der Waals surface area (Å²) in [6.45, 7) is 3.78. The molecule has 6 nitrogen and oxygen atoms in total. The van der Waals surface area contributed by atoms with Crippen LogP contribution in [-0.4, -0.2) is 20.7 Å². The van der Waals surface area contributed by atoms with E-state index in [9.17, 15) is 4.79 Å². The van der Waals surface area contributed by atoms with Crippen LogP contribution >= 0.6 is 0 Å². The zero-order valence-electron chi connectivity index (χ0n) is 18.2. The van der Waals surface area contributed by atoms with Crippen LogP contribution in [0.2, 0.25) is 0 Å². The molecule has 0 radical (unpaired) electrons. The Morgan fingerprint density at radius 3 is 2.42 bits per heavy atom. The number of nitrogens with zero attached hydrogens (tertiary/aromatic N) is 3. The Morgan fingerprint density at radius 1 is 0.970 bits per heavy atom. The van der Waals surface area contributed by atoms with Crippen molar-refractivity contribution in [1.29, 1.82) is 0 Å². The van der Waals surface area contributed by atoms with E-state index in [0.717, 1.165) is 11.1 Å². The summed E-state index contributed by atoms with van der Waals surface area (Å²) in [4.78, 5) is 18.1. The van der Waals surface area contributed by atoms with Crippen molar-refractivity contribution in [1.82, 2.24) is 14.8 Å². The number of hydrogen-bond acceptors (Lipinski definition) is 4. The predicted octanol–water partition coefficient (Wildman–Crippen LogP) is 5.32. The van der Waals surface area contributed by atoms with Gasteiger partial charge in [-0.2, -0.15) is 4.98 Å². The first-order chi connectivity index (χ1) is 16.0. The maximum absolute atomic E-state index is 15.0. The van der Waals surface area contributed by atoms with Gasteiger partial charge in [0.25, 0.3) is 5.91 Å². The molecule has 1 aliphatic heterocycles. The zero-order chi connectivity index (χ0) is 22.9. The molecule has 33 heavy (non-hydrogen) atoms. The molecule has 164 valence electrons. The smallest absolute Gasteiger partial charge is 0.255 e. The van der Waals surface area contributed by atoms with Gasteiger partial charge in [0.1, 0.15) is 11.9 Å². The van der Waals surface area contributed by atoms with E-state index in [-0.39, 0.29) is 5.91 Å². The molecule has 0 saturated carbocycles. The van der Waals surface area contributed by atoms with Gasteiger partial charge in [-0.05, 0) is 37.6 Å². The lowest BCUT2D eigenvalue weighted by Gasteiger charge is -2.28. The van der Waals surface area contributed by atoms with Crippen LogP contribution in [0.1, 0.15) is 24.1 Å². The van der Waals surface area contributed by atoms with E-state index in [2.05, 4.69) is 15.6 Å². The number of amides is 1. The monoisotopic (exact) mass is 439 g/mol. The second-order valence-electron chi connectivity index (χ2n) is 7.93. The third-order valence-electron chi connectivity index (χ3n) is 5.71. The van der Waals surface area contributed by atoms with E-state index < -0.39 is 11.9 Å². The van der Waals surface area contributed by atoms with E-state index in [0.29, 0.717) is 34.3 Å². The van der Waals surface area contributed by atoms with Gasteiger partial charge in [-0.1, -0.05) is 60.7 Å². The van der Waals surface area contributed by atoms with Crippen molar-refractivity contribution in [2.45, 2.75) is 19.9 Å². The highest BCUT2D eigenvalue weighted by Crippen LogP contribution is 2.38. The third kappa shape index (κ3) is 3.78. The highest BCUT2D eigenvalue weighted by molar-refractivity contribution is 6.06. The summed E-state index contributed by atoms with van der Waals surface area (Å²) >= 11 is 0. The third-order valence-corrected chi connectivity index (χ3v) is 5.71. The number of aryl methyl sites for hydroxylation is 1. The standard InChI is InChI=1S/C26H22FN5O/c1-16-10-6-7-13-19(16)24-30-26-28-17(2)22(25(33)29-18-11-4-3-5-12-18)23(32(26)31-24)20-14-8-9-15-21(20)27/h3-15,23H,1-2H3,(H,29,33)(H,28,30,31). The summed E-state index contributed by atoms with van der Waals surface area (Å²) in [5.74, 6) is 0.212. The number of carbonyl (C=O) groups excluding carboxylic acids is 1. The van der Waals surface area contributed by atoms with Gasteiger partial charge in [-0.3, -0.25) is 4.79 Å². The summed E-state index contributed by atoms with van der Waals surface area (Å²) in [5.41, 5.74) is 3.86. The van der Waals surface area contributed by atoms with E-state index in [1.165, 1.54) is 6.07 Å². The maximum atomic E-state index is 15.0. The van der Waals surface area contributed by atoms with Gasteiger partial charge < -0.3 is 10.6 Å². The molecule has 3 aromatic carbocycles. The maximum Gasteiger partial charge on any atom is 0.255 e. The Kier molecular flexibility index (Phi) is 5.22. The molecule has 0 fully saturated rings. The molecule has 0 aliphatic carbocycles. The highest BCUT2D eigenvalue weighted by atomic mass is 19.1. The normalized spacial score (nSPS) is 15.1. The molecule has 1 aliphatic rings. The first-order valence-corrected chi connectivity index (χ1v) is 10.6. The molecule has 0 bridgehead atoms. The number of benzene rings is 3. The molecule has 7 heteroatoms. The minimum absolute atomic E-state index is 0.335. The molecule has 0 saturated heterocycles. The van der Waals surface area contributed by atoms with E-state index in [1.807, 2.05) is 49.4 Å². The van der Waals surface area contributed by atoms with Crippen molar-refractivity contribution in [3.8, 4) is 11.4 Å². The Bertz CT molecular complexity index is 1380. The molecule has 2 N–H and O–H groups in total. The molecule has 1 aromatic heterocycles. The Morgan fingerprint density at radius 2 is 1.67 bits per heavy atom. The topological polar surface area (TPSA) is 71.8 Å². The summed E-state index contributed by atoms with van der Waals surface area (Å²) in [5, 5.41) is 10.8. The number of rotatable bonds is 4. The molecule has 2 heterocycles. The second-order valence-corrected chi connectivity index (χ2v) is 7.93. The lowest BCUT2D eigenvalue weighted by molar-refractivity contribution is -0.113. The average molecular weight is 439 g/mol. The van der Waals surface area contributed by atoms with Crippen molar-refractivity contribution in [2.75, 3.05) is 10.6 Å².